The van der Waals surface area contributed by atoms with E-state index in [4.69, 9.17) is 0 Å². The van der Waals surface area contributed by atoms with Crippen molar-refractivity contribution >= 4 is 11.9 Å². The Hall–Kier alpha value is -2.17. The highest BCUT2D eigenvalue weighted by molar-refractivity contribution is 5.80. The number of hydrogen-bond acceptors (Lipinski definition) is 4. The van der Waals surface area contributed by atoms with E-state index in [9.17, 15) is 0 Å². The third-order valence-corrected chi connectivity index (χ3v) is 2.75. The van der Waals surface area contributed by atoms with Crippen LogP contribution in [-0.4, -0.2) is 34.2 Å². The minimum atomic E-state index is 1.02. The van der Waals surface area contributed by atoms with E-state index in [1.165, 1.54) is 16.8 Å². The second kappa shape index (κ2) is 5.95. The first-order valence-electron chi connectivity index (χ1n) is 6.07. The van der Waals surface area contributed by atoms with Crippen molar-refractivity contribution in [1.29, 1.82) is 0 Å². The summed E-state index contributed by atoms with van der Waals surface area (Å²) in [5.74, 6) is 0. The fraction of sp³-hybridized carbons (Fsp3) is 0.308. The molecule has 0 N–H and O–H groups in total. The van der Waals surface area contributed by atoms with Gasteiger partial charge in [-0.05, 0) is 31.5 Å². The maximum absolute atomic E-state index is 4.16. The monoisotopic (exact) mass is 243 g/mol. The first-order chi connectivity index (χ1) is 8.83. The highest BCUT2D eigenvalue weighted by atomic mass is 15.5. The molecule has 0 atom stereocenters. The van der Waals surface area contributed by atoms with Crippen LogP contribution in [0.3, 0.4) is 0 Å². The molecule has 0 radical (unpaired) electrons. The largest absolute Gasteiger partial charge is 0.372 e. The van der Waals surface area contributed by atoms with Crippen molar-refractivity contribution in [2.75, 3.05) is 18.0 Å². The Kier molecular flexibility index (Phi) is 4.06. The first-order valence-corrected chi connectivity index (χ1v) is 6.07. The van der Waals surface area contributed by atoms with E-state index in [1.54, 1.807) is 12.5 Å². The Balaban J connectivity index is 2.08. The van der Waals surface area contributed by atoms with E-state index in [1.807, 2.05) is 12.1 Å². The summed E-state index contributed by atoms with van der Waals surface area (Å²) in [7, 11) is 0. The predicted octanol–water partition coefficient (Wildman–Crippen LogP) is 2.01. The van der Waals surface area contributed by atoms with Gasteiger partial charge in [0.25, 0.3) is 0 Å². The van der Waals surface area contributed by atoms with E-state index in [2.05, 4.69) is 46.1 Å². The molecule has 94 valence electrons. The van der Waals surface area contributed by atoms with Gasteiger partial charge in [0.05, 0.1) is 6.21 Å². The third-order valence-electron chi connectivity index (χ3n) is 2.75. The van der Waals surface area contributed by atoms with Crippen LogP contribution in [0.1, 0.15) is 19.4 Å². The van der Waals surface area contributed by atoms with Crippen LogP contribution in [0.25, 0.3) is 0 Å². The summed E-state index contributed by atoms with van der Waals surface area (Å²) in [5.41, 5.74) is 2.28. The molecule has 0 amide bonds. The summed E-state index contributed by atoms with van der Waals surface area (Å²) in [5, 5.41) is 8.06. The number of rotatable bonds is 5. The van der Waals surface area contributed by atoms with E-state index in [0.29, 0.717) is 0 Å². The molecule has 1 aromatic carbocycles. The van der Waals surface area contributed by atoms with Crippen molar-refractivity contribution in [2.45, 2.75) is 13.8 Å². The number of nitrogens with zero attached hydrogens (tertiary/aromatic N) is 5. The van der Waals surface area contributed by atoms with Crippen LogP contribution in [0.15, 0.2) is 42.0 Å². The standard InChI is InChI=1S/C13H17N5/c1-3-17(4-2)13-7-5-12(6-8-13)9-15-18-11-14-10-16-18/h5-11H,3-4H2,1-2H3. The third kappa shape index (κ3) is 2.94. The topological polar surface area (TPSA) is 46.3 Å². The summed E-state index contributed by atoms with van der Waals surface area (Å²) < 4.78 is 0. The fourth-order valence-corrected chi connectivity index (χ4v) is 1.75. The second-order valence-corrected chi connectivity index (χ2v) is 3.82. The summed E-state index contributed by atoms with van der Waals surface area (Å²) >= 11 is 0. The van der Waals surface area contributed by atoms with Gasteiger partial charge < -0.3 is 4.90 Å². The van der Waals surface area contributed by atoms with Crippen LogP contribution in [-0.2, 0) is 0 Å². The normalized spacial score (nSPS) is 11.0. The number of benzene rings is 1. The van der Waals surface area contributed by atoms with E-state index in [0.717, 1.165) is 18.7 Å². The zero-order valence-corrected chi connectivity index (χ0v) is 10.7. The van der Waals surface area contributed by atoms with Gasteiger partial charge in [-0.1, -0.05) is 12.1 Å². The Morgan fingerprint density at radius 2 is 1.94 bits per heavy atom. The summed E-state index contributed by atoms with van der Waals surface area (Å²) in [6.45, 7) is 6.35. The molecule has 0 bridgehead atoms. The molecule has 1 heterocycles. The summed E-state index contributed by atoms with van der Waals surface area (Å²) in [4.78, 5) is 7.56. The van der Waals surface area contributed by atoms with Crippen LogP contribution in [0.2, 0.25) is 0 Å². The number of hydrogen-bond donors (Lipinski definition) is 0. The van der Waals surface area contributed by atoms with Gasteiger partial charge in [0.2, 0.25) is 0 Å². The Morgan fingerprint density at radius 1 is 1.22 bits per heavy atom. The van der Waals surface area contributed by atoms with Crippen molar-refractivity contribution in [1.82, 2.24) is 14.9 Å². The van der Waals surface area contributed by atoms with Crippen molar-refractivity contribution in [3.63, 3.8) is 0 Å². The zero-order chi connectivity index (χ0) is 12.8. The maximum atomic E-state index is 4.16. The molecule has 0 saturated heterocycles. The van der Waals surface area contributed by atoms with Gasteiger partial charge in [0.15, 0.2) is 0 Å². The van der Waals surface area contributed by atoms with Crippen LogP contribution in [0, 0.1) is 0 Å². The lowest BCUT2D eigenvalue weighted by Crippen LogP contribution is -2.21. The molecule has 0 aliphatic heterocycles. The van der Waals surface area contributed by atoms with Crippen LogP contribution in [0.5, 0.6) is 0 Å². The average Bonchev–Trinajstić information content (AvgIpc) is 2.92. The molecule has 5 heteroatoms. The summed E-state index contributed by atoms with van der Waals surface area (Å²) in [6.07, 6.45) is 4.78. The van der Waals surface area contributed by atoms with E-state index >= 15 is 0 Å². The van der Waals surface area contributed by atoms with Crippen LogP contribution in [0.4, 0.5) is 5.69 Å². The van der Waals surface area contributed by atoms with Crippen molar-refractivity contribution in [2.24, 2.45) is 5.10 Å². The molecule has 0 unspecified atom stereocenters. The lowest BCUT2D eigenvalue weighted by atomic mass is 10.2. The van der Waals surface area contributed by atoms with E-state index < -0.39 is 0 Å². The highest BCUT2D eigenvalue weighted by Crippen LogP contribution is 2.13. The molecule has 1 aromatic heterocycles. The van der Waals surface area contributed by atoms with Gasteiger partial charge in [-0.2, -0.15) is 5.10 Å². The minimum absolute atomic E-state index is 1.02. The Bertz CT molecular complexity index is 483. The average molecular weight is 243 g/mol. The maximum Gasteiger partial charge on any atom is 0.139 e. The molecule has 5 nitrogen and oxygen atoms in total. The predicted molar refractivity (Wildman–Crippen MR) is 73.0 cm³/mol. The molecule has 0 fully saturated rings. The van der Waals surface area contributed by atoms with Crippen molar-refractivity contribution in [3.8, 4) is 0 Å². The number of anilines is 1. The summed E-state index contributed by atoms with van der Waals surface area (Å²) in [6, 6.07) is 8.31. The number of aromatic nitrogens is 3. The Morgan fingerprint density at radius 3 is 2.50 bits per heavy atom. The molecule has 0 aliphatic rings. The molecule has 0 spiro atoms. The van der Waals surface area contributed by atoms with Crippen LogP contribution < -0.4 is 4.90 Å². The molecule has 2 rings (SSSR count). The molecule has 0 saturated carbocycles. The quantitative estimate of drug-likeness (QED) is 0.755. The molecule has 2 aromatic rings. The highest BCUT2D eigenvalue weighted by Gasteiger charge is 2.00. The molecular weight excluding hydrogens is 226 g/mol. The van der Waals surface area contributed by atoms with Crippen LogP contribution >= 0.6 is 0 Å². The fourth-order valence-electron chi connectivity index (χ4n) is 1.75. The minimum Gasteiger partial charge on any atom is -0.372 e. The smallest absolute Gasteiger partial charge is 0.139 e. The lowest BCUT2D eigenvalue weighted by molar-refractivity contribution is 0.743. The van der Waals surface area contributed by atoms with Gasteiger partial charge >= 0.3 is 0 Å². The lowest BCUT2D eigenvalue weighted by Gasteiger charge is -2.20. The zero-order valence-electron chi connectivity index (χ0n) is 10.7. The van der Waals surface area contributed by atoms with Crippen molar-refractivity contribution in [3.05, 3.63) is 42.5 Å². The SMILES string of the molecule is CCN(CC)c1ccc(C=Nn2cncn2)cc1. The van der Waals surface area contributed by atoms with Gasteiger partial charge in [0, 0.05) is 18.8 Å². The van der Waals surface area contributed by atoms with Crippen molar-refractivity contribution < 1.29 is 0 Å². The molecular formula is C13H17N5. The van der Waals surface area contributed by atoms with Gasteiger partial charge in [-0.3, -0.25) is 0 Å². The Labute approximate surface area is 107 Å². The van der Waals surface area contributed by atoms with E-state index in [-0.39, 0.29) is 0 Å². The first kappa shape index (κ1) is 12.3. The van der Waals surface area contributed by atoms with Gasteiger partial charge in [-0.15, -0.1) is 9.89 Å². The molecule has 0 aliphatic carbocycles. The van der Waals surface area contributed by atoms with Gasteiger partial charge in [-0.25, -0.2) is 4.98 Å². The van der Waals surface area contributed by atoms with Gasteiger partial charge in [0.1, 0.15) is 12.7 Å². The molecule has 18 heavy (non-hydrogen) atoms. The second-order valence-electron chi connectivity index (χ2n) is 3.82.